The Kier molecular flexibility index (Phi) is 7.07. The van der Waals surface area contributed by atoms with E-state index in [1.165, 1.54) is 28.9 Å². The van der Waals surface area contributed by atoms with Crippen LogP contribution in [-0.2, 0) is 30.5 Å². The zero-order valence-corrected chi connectivity index (χ0v) is 18.8. The molecule has 1 saturated heterocycles. The zero-order valence-electron chi connectivity index (χ0n) is 18.8. The summed E-state index contributed by atoms with van der Waals surface area (Å²) in [5.74, 6) is -0.120. The lowest BCUT2D eigenvalue weighted by atomic mass is 9.87. The summed E-state index contributed by atoms with van der Waals surface area (Å²) in [7, 11) is 0. The molecule has 0 aliphatic carbocycles. The number of nitrogens with zero attached hydrogens (tertiary/aromatic N) is 3. The van der Waals surface area contributed by atoms with E-state index in [1.807, 2.05) is 0 Å². The van der Waals surface area contributed by atoms with Crippen molar-refractivity contribution in [3.05, 3.63) is 52.6 Å². The Morgan fingerprint density at radius 1 is 1.24 bits per heavy atom. The van der Waals surface area contributed by atoms with Gasteiger partial charge in [-0.15, -0.1) is 0 Å². The van der Waals surface area contributed by atoms with Crippen molar-refractivity contribution in [2.24, 2.45) is 5.92 Å². The van der Waals surface area contributed by atoms with E-state index in [-0.39, 0.29) is 37.5 Å². The molecule has 1 aromatic carbocycles. The van der Waals surface area contributed by atoms with E-state index < -0.39 is 17.7 Å². The highest BCUT2D eigenvalue weighted by Gasteiger charge is 2.41. The molecule has 180 valence electrons. The van der Waals surface area contributed by atoms with Gasteiger partial charge in [0, 0.05) is 24.6 Å². The topological polar surface area (TPSA) is 50.2 Å². The number of fused-ring (bicyclic) bond motifs is 1. The van der Waals surface area contributed by atoms with Crippen LogP contribution in [0.4, 0.5) is 17.6 Å². The average Bonchev–Trinajstić information content (AvgIpc) is 3.14. The molecule has 4 rings (SSSR count). The maximum absolute atomic E-state index is 13.6. The van der Waals surface area contributed by atoms with Crippen molar-refractivity contribution < 1.29 is 22.4 Å². The van der Waals surface area contributed by atoms with Crippen molar-refractivity contribution in [1.29, 1.82) is 0 Å². The van der Waals surface area contributed by atoms with E-state index in [9.17, 15) is 22.4 Å². The van der Waals surface area contributed by atoms with Crippen molar-refractivity contribution >= 4 is 5.91 Å². The monoisotopic (exact) mass is 466 g/mol. The van der Waals surface area contributed by atoms with Crippen molar-refractivity contribution in [3.63, 3.8) is 0 Å². The van der Waals surface area contributed by atoms with Crippen LogP contribution in [0, 0.1) is 11.7 Å². The number of halogens is 4. The minimum Gasteiger partial charge on any atom is -0.336 e. The van der Waals surface area contributed by atoms with Gasteiger partial charge < -0.3 is 10.2 Å². The Morgan fingerprint density at radius 3 is 2.70 bits per heavy atom. The van der Waals surface area contributed by atoms with E-state index in [4.69, 9.17) is 0 Å². The van der Waals surface area contributed by atoms with Gasteiger partial charge >= 0.3 is 6.18 Å². The molecule has 1 fully saturated rings. The van der Waals surface area contributed by atoms with Gasteiger partial charge in [-0.05, 0) is 55.8 Å². The lowest BCUT2D eigenvalue weighted by molar-refractivity contribution is -0.142. The maximum Gasteiger partial charge on any atom is 0.435 e. The molecule has 1 amide bonds. The van der Waals surface area contributed by atoms with Crippen molar-refractivity contribution in [1.82, 2.24) is 20.0 Å². The summed E-state index contributed by atoms with van der Waals surface area (Å²) in [6, 6.07) is 6.05. The molecule has 0 bridgehead atoms. The van der Waals surface area contributed by atoms with Gasteiger partial charge in [-0.3, -0.25) is 9.48 Å². The van der Waals surface area contributed by atoms with E-state index in [2.05, 4.69) is 17.3 Å². The molecule has 2 aliphatic heterocycles. The molecule has 2 atom stereocenters. The number of benzene rings is 1. The second-order valence-corrected chi connectivity index (χ2v) is 9.16. The van der Waals surface area contributed by atoms with Crippen LogP contribution in [0.15, 0.2) is 24.3 Å². The molecular weight excluding hydrogens is 436 g/mol. The Labute approximate surface area is 191 Å². The second kappa shape index (κ2) is 9.83. The first-order valence-corrected chi connectivity index (χ1v) is 11.7. The highest BCUT2D eigenvalue weighted by atomic mass is 19.4. The smallest absolute Gasteiger partial charge is 0.336 e. The molecule has 1 N–H and O–H groups in total. The van der Waals surface area contributed by atoms with E-state index >= 15 is 0 Å². The van der Waals surface area contributed by atoms with Gasteiger partial charge in [0.15, 0.2) is 5.69 Å². The number of alkyl halides is 3. The normalized spacial score (nSPS) is 21.2. The first-order chi connectivity index (χ1) is 15.7. The zero-order chi connectivity index (χ0) is 23.6. The molecule has 33 heavy (non-hydrogen) atoms. The van der Waals surface area contributed by atoms with Crippen molar-refractivity contribution in [2.75, 3.05) is 13.1 Å². The first-order valence-electron chi connectivity index (χ1n) is 11.7. The lowest BCUT2D eigenvalue weighted by Crippen LogP contribution is -2.41. The van der Waals surface area contributed by atoms with Crippen LogP contribution >= 0.6 is 0 Å². The summed E-state index contributed by atoms with van der Waals surface area (Å²) in [6.45, 7) is 3.51. The molecule has 5 nitrogen and oxygen atoms in total. The number of rotatable bonds is 6. The fourth-order valence-electron chi connectivity index (χ4n) is 5.04. The van der Waals surface area contributed by atoms with Gasteiger partial charge in [0.2, 0.25) is 5.91 Å². The number of carbonyl (C=O) groups excluding carboxylic acids is 1. The van der Waals surface area contributed by atoms with E-state index in [1.54, 1.807) is 4.90 Å². The molecule has 1 aromatic heterocycles. The Bertz CT molecular complexity index is 968. The SMILES string of the molecule is CCCC1CC(CC(=O)N2CCc3c(C(F)(F)F)nn(Cc4ccc(F)cc4)c3C2)CCN1. The van der Waals surface area contributed by atoms with Gasteiger partial charge in [0.1, 0.15) is 5.82 Å². The summed E-state index contributed by atoms with van der Waals surface area (Å²) in [5.41, 5.74) is 0.349. The summed E-state index contributed by atoms with van der Waals surface area (Å²) >= 11 is 0. The number of hydrogen-bond donors (Lipinski definition) is 1. The molecule has 9 heteroatoms. The minimum atomic E-state index is -4.56. The third-order valence-electron chi connectivity index (χ3n) is 6.71. The minimum absolute atomic E-state index is 0.00844. The van der Waals surface area contributed by atoms with E-state index in [0.29, 0.717) is 29.6 Å². The maximum atomic E-state index is 13.6. The van der Waals surface area contributed by atoms with Crippen LogP contribution in [0.5, 0.6) is 0 Å². The van der Waals surface area contributed by atoms with Crippen molar-refractivity contribution in [2.45, 2.75) is 70.8 Å². The van der Waals surface area contributed by atoms with Crippen LogP contribution in [0.2, 0.25) is 0 Å². The van der Waals surface area contributed by atoms with Gasteiger partial charge in [0.25, 0.3) is 0 Å². The number of carbonyl (C=O) groups is 1. The molecule has 2 unspecified atom stereocenters. The van der Waals surface area contributed by atoms with Crippen LogP contribution in [0.1, 0.15) is 61.5 Å². The van der Waals surface area contributed by atoms with Gasteiger partial charge in [-0.1, -0.05) is 25.5 Å². The van der Waals surface area contributed by atoms with Gasteiger partial charge in [0.05, 0.1) is 18.8 Å². The Hall–Kier alpha value is -2.42. The number of nitrogens with one attached hydrogen (secondary N) is 1. The largest absolute Gasteiger partial charge is 0.435 e. The van der Waals surface area contributed by atoms with Crippen LogP contribution in [-0.4, -0.2) is 39.7 Å². The summed E-state index contributed by atoms with van der Waals surface area (Å²) in [6.07, 6.45) is 0.0612. The van der Waals surface area contributed by atoms with Crippen LogP contribution in [0.25, 0.3) is 0 Å². The molecule has 2 aliphatic rings. The third-order valence-corrected chi connectivity index (χ3v) is 6.71. The van der Waals surface area contributed by atoms with Gasteiger partial charge in [-0.2, -0.15) is 18.3 Å². The summed E-state index contributed by atoms with van der Waals surface area (Å²) in [5, 5.41) is 7.37. The fraction of sp³-hybridized carbons (Fsp3) is 0.583. The number of piperidine rings is 1. The van der Waals surface area contributed by atoms with Gasteiger partial charge in [-0.25, -0.2) is 4.39 Å². The fourth-order valence-corrected chi connectivity index (χ4v) is 5.04. The molecule has 0 spiro atoms. The van der Waals surface area contributed by atoms with E-state index in [0.717, 1.165) is 32.2 Å². The number of aromatic nitrogens is 2. The van der Waals surface area contributed by atoms with Crippen molar-refractivity contribution in [3.8, 4) is 0 Å². The second-order valence-electron chi connectivity index (χ2n) is 9.16. The standard InChI is InChI=1S/C24H30F4N4O/c1-2-3-19-12-17(8-10-29-19)13-22(33)31-11-9-20-21(15-31)32(30-23(20)24(26,27)28)14-16-4-6-18(25)7-5-16/h4-7,17,19,29H,2-3,8-15H2,1H3. The molecule has 2 aromatic rings. The quantitative estimate of drug-likeness (QED) is 0.637. The molecule has 0 radical (unpaired) electrons. The summed E-state index contributed by atoms with van der Waals surface area (Å²) < 4.78 is 55.5. The third kappa shape index (κ3) is 5.57. The highest BCUT2D eigenvalue weighted by Crippen LogP contribution is 2.35. The predicted octanol–water partition coefficient (Wildman–Crippen LogP) is 4.53. The number of hydrogen-bond acceptors (Lipinski definition) is 3. The number of amides is 1. The Morgan fingerprint density at radius 2 is 2.00 bits per heavy atom. The highest BCUT2D eigenvalue weighted by molar-refractivity contribution is 5.76. The molecular formula is C24H30F4N4O. The lowest BCUT2D eigenvalue weighted by Gasteiger charge is -2.33. The van der Waals surface area contributed by atoms with Crippen LogP contribution < -0.4 is 5.32 Å². The van der Waals surface area contributed by atoms with Crippen LogP contribution in [0.3, 0.4) is 0 Å². The molecule has 3 heterocycles. The molecule has 0 saturated carbocycles. The first kappa shape index (κ1) is 23.7. The average molecular weight is 467 g/mol. The Balaban J connectivity index is 1.51. The summed E-state index contributed by atoms with van der Waals surface area (Å²) in [4.78, 5) is 14.7. The predicted molar refractivity (Wildman–Crippen MR) is 116 cm³/mol.